The summed E-state index contributed by atoms with van der Waals surface area (Å²) in [6.45, 7) is 4.45. The van der Waals surface area contributed by atoms with Gasteiger partial charge in [0.05, 0.1) is 11.7 Å². The van der Waals surface area contributed by atoms with Crippen LogP contribution in [-0.2, 0) is 10.9 Å². The summed E-state index contributed by atoms with van der Waals surface area (Å²) in [5.41, 5.74) is -0.632. The van der Waals surface area contributed by atoms with E-state index in [0.29, 0.717) is 26.1 Å². The van der Waals surface area contributed by atoms with Crippen molar-refractivity contribution < 1.29 is 22.7 Å². The zero-order valence-corrected chi connectivity index (χ0v) is 14.6. The summed E-state index contributed by atoms with van der Waals surface area (Å²) in [4.78, 5) is 16.5. The number of halogens is 3. The van der Waals surface area contributed by atoms with E-state index in [0.717, 1.165) is 31.8 Å². The predicted molar refractivity (Wildman–Crippen MR) is 92.1 cm³/mol. The third-order valence-electron chi connectivity index (χ3n) is 4.74. The first-order chi connectivity index (χ1) is 12.4. The van der Waals surface area contributed by atoms with E-state index in [9.17, 15) is 18.0 Å². The summed E-state index contributed by atoms with van der Waals surface area (Å²) in [5, 5.41) is 2.58. The third-order valence-corrected chi connectivity index (χ3v) is 4.74. The molecule has 0 aliphatic carbocycles. The van der Waals surface area contributed by atoms with Gasteiger partial charge in [-0.25, -0.2) is 4.79 Å². The van der Waals surface area contributed by atoms with Gasteiger partial charge in [-0.3, -0.25) is 0 Å². The largest absolute Gasteiger partial charge is 0.416 e. The molecule has 26 heavy (non-hydrogen) atoms. The molecule has 1 aromatic rings. The van der Waals surface area contributed by atoms with Gasteiger partial charge in [-0.05, 0) is 50.6 Å². The highest BCUT2D eigenvalue weighted by atomic mass is 19.4. The lowest BCUT2D eigenvalue weighted by atomic mass is 10.2. The number of nitrogens with zero attached hydrogens (tertiary/aromatic N) is 2. The van der Waals surface area contributed by atoms with Crippen molar-refractivity contribution in [3.8, 4) is 0 Å². The Labute approximate surface area is 151 Å². The standard InChI is InChI=1S/C18H24F3N3O2/c19-18(20,21)14-5-3-6-15(11-14)22-17(25)24-9-4-10-26-16(13-24)12-23-7-1-2-8-23/h3,5-6,11,16H,1-2,4,7-10,12-13H2,(H,22,25). The van der Waals surface area contributed by atoms with Crippen LogP contribution in [0, 0.1) is 0 Å². The first kappa shape index (κ1) is 19.0. The van der Waals surface area contributed by atoms with Crippen LogP contribution in [0.3, 0.4) is 0 Å². The number of rotatable bonds is 3. The third kappa shape index (κ3) is 5.11. The van der Waals surface area contributed by atoms with E-state index >= 15 is 0 Å². The van der Waals surface area contributed by atoms with Crippen molar-refractivity contribution in [2.75, 3.05) is 44.6 Å². The van der Waals surface area contributed by atoms with Crippen LogP contribution in [0.1, 0.15) is 24.8 Å². The Bertz CT molecular complexity index is 618. The minimum atomic E-state index is -4.43. The Balaban J connectivity index is 1.60. The first-order valence-electron chi connectivity index (χ1n) is 8.99. The molecule has 0 radical (unpaired) electrons. The Morgan fingerprint density at radius 3 is 2.69 bits per heavy atom. The Morgan fingerprint density at radius 1 is 1.19 bits per heavy atom. The van der Waals surface area contributed by atoms with Gasteiger partial charge in [0.25, 0.3) is 0 Å². The fourth-order valence-electron chi connectivity index (χ4n) is 3.42. The van der Waals surface area contributed by atoms with E-state index in [4.69, 9.17) is 4.74 Å². The summed E-state index contributed by atoms with van der Waals surface area (Å²) < 4.78 is 44.3. The van der Waals surface area contributed by atoms with Crippen molar-refractivity contribution in [2.45, 2.75) is 31.5 Å². The number of hydrogen-bond donors (Lipinski definition) is 1. The molecule has 2 amide bonds. The smallest absolute Gasteiger partial charge is 0.375 e. The maximum atomic E-state index is 12.8. The van der Waals surface area contributed by atoms with Gasteiger partial charge in [0, 0.05) is 31.9 Å². The summed E-state index contributed by atoms with van der Waals surface area (Å²) in [5.74, 6) is 0. The second kappa shape index (κ2) is 8.26. The van der Waals surface area contributed by atoms with Crippen LogP contribution < -0.4 is 5.32 Å². The number of amides is 2. The summed E-state index contributed by atoms with van der Waals surface area (Å²) >= 11 is 0. The maximum Gasteiger partial charge on any atom is 0.416 e. The number of likely N-dealkylation sites (tertiary alicyclic amines) is 1. The van der Waals surface area contributed by atoms with Crippen molar-refractivity contribution in [1.29, 1.82) is 0 Å². The van der Waals surface area contributed by atoms with Gasteiger partial charge < -0.3 is 19.9 Å². The van der Waals surface area contributed by atoms with Crippen molar-refractivity contribution in [3.63, 3.8) is 0 Å². The molecule has 8 heteroatoms. The van der Waals surface area contributed by atoms with Crippen LogP contribution in [0.4, 0.5) is 23.7 Å². The highest BCUT2D eigenvalue weighted by Crippen LogP contribution is 2.30. The summed E-state index contributed by atoms with van der Waals surface area (Å²) in [6, 6.07) is 4.31. The van der Waals surface area contributed by atoms with Crippen molar-refractivity contribution in [3.05, 3.63) is 29.8 Å². The molecular formula is C18H24F3N3O2. The topological polar surface area (TPSA) is 44.8 Å². The molecule has 1 N–H and O–H groups in total. The molecule has 1 atom stereocenters. The van der Waals surface area contributed by atoms with Crippen molar-refractivity contribution in [1.82, 2.24) is 9.80 Å². The Hall–Kier alpha value is -1.80. The van der Waals surface area contributed by atoms with Crippen molar-refractivity contribution in [2.24, 2.45) is 0 Å². The van der Waals surface area contributed by atoms with E-state index in [2.05, 4.69) is 10.2 Å². The number of carbonyl (C=O) groups excluding carboxylic acids is 1. The van der Waals surface area contributed by atoms with Crippen LogP contribution in [0.15, 0.2) is 24.3 Å². The monoisotopic (exact) mass is 371 g/mol. The molecule has 2 heterocycles. The van der Waals surface area contributed by atoms with Gasteiger partial charge in [0.15, 0.2) is 0 Å². The maximum absolute atomic E-state index is 12.8. The molecule has 3 rings (SSSR count). The number of alkyl halides is 3. The highest BCUT2D eigenvalue weighted by molar-refractivity contribution is 5.89. The lowest BCUT2D eigenvalue weighted by molar-refractivity contribution is -0.137. The average Bonchev–Trinajstić information content (AvgIpc) is 2.98. The zero-order chi connectivity index (χ0) is 18.6. The lowest BCUT2D eigenvalue weighted by Gasteiger charge is -2.27. The number of ether oxygens (including phenoxy) is 1. The minimum absolute atomic E-state index is 0.0668. The fraction of sp³-hybridized carbons (Fsp3) is 0.611. The predicted octanol–water partition coefficient (Wildman–Crippen LogP) is 3.42. The normalized spacial score (nSPS) is 22.3. The molecule has 2 aliphatic rings. The number of hydrogen-bond acceptors (Lipinski definition) is 3. The van der Waals surface area contributed by atoms with Crippen LogP contribution >= 0.6 is 0 Å². The highest BCUT2D eigenvalue weighted by Gasteiger charge is 2.31. The van der Waals surface area contributed by atoms with Crippen LogP contribution in [-0.4, -0.2) is 61.3 Å². The van der Waals surface area contributed by atoms with E-state index in [-0.39, 0.29) is 17.8 Å². The Kier molecular flexibility index (Phi) is 6.03. The number of nitrogens with one attached hydrogen (secondary N) is 1. The first-order valence-corrected chi connectivity index (χ1v) is 8.99. The second-order valence-electron chi connectivity index (χ2n) is 6.81. The molecule has 0 saturated carbocycles. The van der Waals surface area contributed by atoms with Gasteiger partial charge in [0.2, 0.25) is 0 Å². The Morgan fingerprint density at radius 2 is 1.96 bits per heavy atom. The minimum Gasteiger partial charge on any atom is -0.375 e. The number of benzene rings is 1. The molecule has 2 saturated heterocycles. The molecule has 144 valence electrons. The zero-order valence-electron chi connectivity index (χ0n) is 14.6. The lowest BCUT2D eigenvalue weighted by Crippen LogP contribution is -2.43. The van der Waals surface area contributed by atoms with Gasteiger partial charge >= 0.3 is 12.2 Å². The van der Waals surface area contributed by atoms with E-state index in [1.807, 2.05) is 0 Å². The molecule has 0 aromatic heterocycles. The molecule has 0 spiro atoms. The summed E-state index contributed by atoms with van der Waals surface area (Å²) in [6.07, 6.45) is -1.41. The van der Waals surface area contributed by atoms with Gasteiger partial charge in [-0.15, -0.1) is 0 Å². The van der Waals surface area contributed by atoms with E-state index in [1.165, 1.54) is 25.0 Å². The molecule has 5 nitrogen and oxygen atoms in total. The molecular weight excluding hydrogens is 347 g/mol. The average molecular weight is 371 g/mol. The molecule has 2 fully saturated rings. The van der Waals surface area contributed by atoms with Crippen LogP contribution in [0.5, 0.6) is 0 Å². The second-order valence-corrected chi connectivity index (χ2v) is 6.81. The fourth-order valence-corrected chi connectivity index (χ4v) is 3.42. The van der Waals surface area contributed by atoms with Gasteiger partial charge in [-0.1, -0.05) is 6.07 Å². The number of urea groups is 1. The molecule has 2 aliphatic heterocycles. The molecule has 1 aromatic carbocycles. The molecule has 0 bridgehead atoms. The number of anilines is 1. The van der Waals surface area contributed by atoms with E-state index in [1.54, 1.807) is 4.90 Å². The summed E-state index contributed by atoms with van der Waals surface area (Å²) in [7, 11) is 0. The van der Waals surface area contributed by atoms with Crippen LogP contribution in [0.25, 0.3) is 0 Å². The molecule has 1 unspecified atom stereocenters. The number of carbonyl (C=O) groups is 1. The van der Waals surface area contributed by atoms with Gasteiger partial charge in [0.1, 0.15) is 0 Å². The van der Waals surface area contributed by atoms with E-state index < -0.39 is 11.7 Å². The van der Waals surface area contributed by atoms with Gasteiger partial charge in [-0.2, -0.15) is 13.2 Å². The SMILES string of the molecule is O=C(Nc1cccc(C(F)(F)F)c1)N1CCCOC(CN2CCCC2)C1. The van der Waals surface area contributed by atoms with Crippen molar-refractivity contribution >= 4 is 11.7 Å². The quantitative estimate of drug-likeness (QED) is 0.886. The van der Waals surface area contributed by atoms with Crippen LogP contribution in [0.2, 0.25) is 0 Å².